The molecule has 0 amide bonds. The highest BCUT2D eigenvalue weighted by atomic mass is 16.8. The van der Waals surface area contributed by atoms with Crippen LogP contribution in [0.5, 0.6) is 0 Å². The van der Waals surface area contributed by atoms with Gasteiger partial charge in [0.1, 0.15) is 0 Å². The Morgan fingerprint density at radius 3 is 1.75 bits per heavy atom. The van der Waals surface area contributed by atoms with Gasteiger partial charge in [0.25, 0.3) is 0 Å². The minimum atomic E-state index is -0.236. The van der Waals surface area contributed by atoms with E-state index in [0.29, 0.717) is 5.41 Å². The molecule has 0 aromatic rings. The minimum absolute atomic E-state index is 0.236. The van der Waals surface area contributed by atoms with Gasteiger partial charge < -0.3 is 9.47 Å². The molecule has 1 spiro atoms. The summed E-state index contributed by atoms with van der Waals surface area (Å²) in [5.41, 5.74) is 0.428. The first-order valence-corrected chi connectivity index (χ1v) is 6.68. The summed E-state index contributed by atoms with van der Waals surface area (Å²) in [4.78, 5) is 0. The normalized spacial score (nSPS) is 45.2. The zero-order valence-electron chi connectivity index (χ0n) is 11.4. The lowest BCUT2D eigenvalue weighted by Crippen LogP contribution is -2.38. The molecule has 0 bridgehead atoms. The Bertz CT molecular complexity index is 234. The molecule has 2 aliphatic rings. The van der Waals surface area contributed by atoms with Gasteiger partial charge in [-0.15, -0.1) is 0 Å². The van der Waals surface area contributed by atoms with Gasteiger partial charge in [-0.25, -0.2) is 0 Å². The largest absolute Gasteiger partial charge is 0.344 e. The molecule has 2 unspecified atom stereocenters. The third-order valence-corrected chi connectivity index (χ3v) is 4.43. The molecular formula is C14H26O2. The number of rotatable bonds is 0. The van der Waals surface area contributed by atoms with Crippen molar-refractivity contribution in [3.63, 3.8) is 0 Å². The Labute approximate surface area is 99.7 Å². The fourth-order valence-corrected chi connectivity index (χ4v) is 3.06. The van der Waals surface area contributed by atoms with Crippen LogP contribution in [0.1, 0.15) is 60.3 Å². The fourth-order valence-electron chi connectivity index (χ4n) is 3.06. The number of hydrogen-bond acceptors (Lipinski definition) is 2. The predicted molar refractivity (Wildman–Crippen MR) is 65.2 cm³/mol. The monoisotopic (exact) mass is 226 g/mol. The van der Waals surface area contributed by atoms with Gasteiger partial charge >= 0.3 is 0 Å². The summed E-state index contributed by atoms with van der Waals surface area (Å²) in [6.45, 7) is 11.3. The van der Waals surface area contributed by atoms with Gasteiger partial charge in [0.05, 0.1) is 12.2 Å². The first-order chi connectivity index (χ1) is 7.32. The standard InChI is InChI=1S/C14H26O2/c1-10-11(2)16-14(15-10)8-6-12(7-9-14)13(3,4)5/h10-12H,6-9H2,1-5H3. The van der Waals surface area contributed by atoms with Crippen LogP contribution in [0, 0.1) is 11.3 Å². The van der Waals surface area contributed by atoms with Crippen LogP contribution in [0.15, 0.2) is 0 Å². The van der Waals surface area contributed by atoms with Gasteiger partial charge in [0, 0.05) is 12.8 Å². The maximum absolute atomic E-state index is 6.04. The summed E-state index contributed by atoms with van der Waals surface area (Å²) in [7, 11) is 0. The summed E-state index contributed by atoms with van der Waals surface area (Å²) in [5.74, 6) is 0.581. The first kappa shape index (κ1) is 12.4. The van der Waals surface area contributed by atoms with Crippen molar-refractivity contribution in [3.8, 4) is 0 Å². The third-order valence-electron chi connectivity index (χ3n) is 4.43. The van der Waals surface area contributed by atoms with E-state index in [0.717, 1.165) is 18.8 Å². The van der Waals surface area contributed by atoms with Crippen LogP contribution in [-0.2, 0) is 9.47 Å². The molecule has 1 saturated heterocycles. The zero-order chi connectivity index (χ0) is 12.0. The van der Waals surface area contributed by atoms with Crippen LogP contribution >= 0.6 is 0 Å². The van der Waals surface area contributed by atoms with E-state index in [4.69, 9.17) is 9.47 Å². The third kappa shape index (κ3) is 2.28. The highest BCUT2D eigenvalue weighted by Gasteiger charge is 2.47. The second-order valence-corrected chi connectivity index (χ2v) is 6.70. The average Bonchev–Trinajstić information content (AvgIpc) is 2.41. The molecule has 1 aliphatic carbocycles. The van der Waals surface area contributed by atoms with E-state index in [2.05, 4.69) is 34.6 Å². The predicted octanol–water partition coefficient (Wildman–Crippen LogP) is 3.74. The van der Waals surface area contributed by atoms with Gasteiger partial charge in [0.15, 0.2) is 5.79 Å². The van der Waals surface area contributed by atoms with Crippen molar-refractivity contribution >= 4 is 0 Å². The van der Waals surface area contributed by atoms with E-state index in [-0.39, 0.29) is 18.0 Å². The Morgan fingerprint density at radius 1 is 0.938 bits per heavy atom. The summed E-state index contributed by atoms with van der Waals surface area (Å²) in [5, 5.41) is 0. The molecule has 2 heteroatoms. The highest BCUT2D eigenvalue weighted by Crippen LogP contribution is 2.46. The molecule has 0 N–H and O–H groups in total. The Balaban J connectivity index is 1.95. The summed E-state index contributed by atoms with van der Waals surface area (Å²) < 4.78 is 12.1. The van der Waals surface area contributed by atoms with E-state index in [1.807, 2.05) is 0 Å². The van der Waals surface area contributed by atoms with Crippen LogP contribution in [0.2, 0.25) is 0 Å². The summed E-state index contributed by atoms with van der Waals surface area (Å²) in [6, 6.07) is 0. The smallest absolute Gasteiger partial charge is 0.169 e. The van der Waals surface area contributed by atoms with Crippen molar-refractivity contribution in [2.45, 2.75) is 78.3 Å². The van der Waals surface area contributed by atoms with Crippen LogP contribution < -0.4 is 0 Å². The van der Waals surface area contributed by atoms with E-state index in [1.165, 1.54) is 12.8 Å². The molecule has 1 aliphatic heterocycles. The molecule has 1 saturated carbocycles. The molecule has 1 heterocycles. The average molecular weight is 226 g/mol. The quantitative estimate of drug-likeness (QED) is 0.626. The topological polar surface area (TPSA) is 18.5 Å². The Kier molecular flexibility index (Phi) is 3.09. The highest BCUT2D eigenvalue weighted by molar-refractivity contribution is 4.89. The lowest BCUT2D eigenvalue weighted by molar-refractivity contribution is -0.201. The second kappa shape index (κ2) is 3.99. The molecule has 2 atom stereocenters. The molecule has 0 aromatic heterocycles. The minimum Gasteiger partial charge on any atom is -0.344 e. The first-order valence-electron chi connectivity index (χ1n) is 6.68. The SMILES string of the molecule is CC1OC2(CCC(C(C)(C)C)CC2)OC1C. The van der Waals surface area contributed by atoms with Crippen LogP contribution in [0.3, 0.4) is 0 Å². The van der Waals surface area contributed by atoms with Gasteiger partial charge in [-0.05, 0) is 38.0 Å². The lowest BCUT2D eigenvalue weighted by atomic mass is 9.71. The maximum atomic E-state index is 6.04. The van der Waals surface area contributed by atoms with Crippen LogP contribution in [0.25, 0.3) is 0 Å². The summed E-state index contributed by atoms with van der Waals surface area (Å²) >= 11 is 0. The van der Waals surface area contributed by atoms with Crippen molar-refractivity contribution in [3.05, 3.63) is 0 Å². The Morgan fingerprint density at radius 2 is 1.38 bits per heavy atom. The van der Waals surface area contributed by atoms with Gasteiger partial charge in [-0.3, -0.25) is 0 Å². The van der Waals surface area contributed by atoms with Crippen LogP contribution in [0.4, 0.5) is 0 Å². The molecule has 0 aromatic carbocycles. The second-order valence-electron chi connectivity index (χ2n) is 6.70. The van der Waals surface area contributed by atoms with Crippen molar-refractivity contribution in [1.82, 2.24) is 0 Å². The molecule has 16 heavy (non-hydrogen) atoms. The van der Waals surface area contributed by atoms with Crippen LogP contribution in [-0.4, -0.2) is 18.0 Å². The van der Waals surface area contributed by atoms with Crippen molar-refractivity contribution in [2.75, 3.05) is 0 Å². The number of hydrogen-bond donors (Lipinski definition) is 0. The Hall–Kier alpha value is -0.0800. The van der Waals surface area contributed by atoms with E-state index < -0.39 is 0 Å². The molecule has 2 nitrogen and oxygen atoms in total. The lowest BCUT2D eigenvalue weighted by Gasteiger charge is -2.41. The van der Waals surface area contributed by atoms with Crippen molar-refractivity contribution in [1.29, 1.82) is 0 Å². The van der Waals surface area contributed by atoms with Gasteiger partial charge in [0.2, 0.25) is 0 Å². The van der Waals surface area contributed by atoms with Gasteiger partial charge in [-0.2, -0.15) is 0 Å². The zero-order valence-corrected chi connectivity index (χ0v) is 11.4. The fraction of sp³-hybridized carbons (Fsp3) is 1.00. The van der Waals surface area contributed by atoms with Gasteiger partial charge in [-0.1, -0.05) is 20.8 Å². The molecule has 2 fully saturated rings. The maximum Gasteiger partial charge on any atom is 0.169 e. The van der Waals surface area contributed by atoms with E-state index >= 15 is 0 Å². The number of ether oxygens (including phenoxy) is 2. The molecule has 0 radical (unpaired) electrons. The van der Waals surface area contributed by atoms with Crippen molar-refractivity contribution in [2.24, 2.45) is 11.3 Å². The van der Waals surface area contributed by atoms with E-state index in [1.54, 1.807) is 0 Å². The molecule has 94 valence electrons. The molecule has 2 rings (SSSR count). The van der Waals surface area contributed by atoms with Crippen molar-refractivity contribution < 1.29 is 9.47 Å². The van der Waals surface area contributed by atoms with E-state index in [9.17, 15) is 0 Å². The molecular weight excluding hydrogens is 200 g/mol. The summed E-state index contributed by atoms with van der Waals surface area (Å²) in [6.07, 6.45) is 5.14.